The first-order chi connectivity index (χ1) is 9.48. The highest BCUT2D eigenvalue weighted by Gasteiger charge is 2.13. The fourth-order valence-electron chi connectivity index (χ4n) is 1.53. The van der Waals surface area contributed by atoms with Gasteiger partial charge in [-0.3, -0.25) is 4.72 Å². The fourth-order valence-corrected chi connectivity index (χ4v) is 2.80. The van der Waals surface area contributed by atoms with Crippen LogP contribution in [-0.2, 0) is 15.8 Å². The van der Waals surface area contributed by atoms with E-state index in [0.717, 1.165) is 6.33 Å². The van der Waals surface area contributed by atoms with Gasteiger partial charge in [0.2, 0.25) is 10.0 Å². The molecule has 1 N–H and O–H groups in total. The Bertz CT molecular complexity index is 771. The number of anilines is 1. The molecule has 0 aliphatic rings. The lowest BCUT2D eigenvalue weighted by molar-refractivity contribution is 0.600. The van der Waals surface area contributed by atoms with Crippen LogP contribution in [0.4, 0.5) is 5.82 Å². The Labute approximate surface area is 121 Å². The number of sulfonamides is 1. The lowest BCUT2D eigenvalue weighted by Crippen LogP contribution is -2.16. The highest BCUT2D eigenvalue weighted by Crippen LogP contribution is 2.13. The molecule has 1 aromatic carbocycles. The normalized spacial score (nSPS) is 10.8. The molecule has 0 amide bonds. The number of aromatic nitrogens is 2. The average molecular weight is 309 g/mol. The van der Waals surface area contributed by atoms with Crippen molar-refractivity contribution >= 4 is 27.4 Å². The van der Waals surface area contributed by atoms with Crippen LogP contribution >= 0.6 is 11.6 Å². The van der Waals surface area contributed by atoms with E-state index in [1.807, 2.05) is 6.07 Å². The summed E-state index contributed by atoms with van der Waals surface area (Å²) in [5, 5.41) is 8.92. The van der Waals surface area contributed by atoms with Crippen LogP contribution in [-0.4, -0.2) is 18.4 Å². The molecule has 0 spiro atoms. The van der Waals surface area contributed by atoms with E-state index in [2.05, 4.69) is 14.7 Å². The van der Waals surface area contributed by atoms with E-state index in [1.54, 1.807) is 18.2 Å². The molecule has 0 saturated carbocycles. The zero-order valence-corrected chi connectivity index (χ0v) is 11.7. The maximum absolute atomic E-state index is 12.0. The Hall–Kier alpha value is -2.17. The van der Waals surface area contributed by atoms with Crippen molar-refractivity contribution < 1.29 is 8.42 Å². The second-order valence-corrected chi connectivity index (χ2v) is 6.01. The van der Waals surface area contributed by atoms with E-state index in [9.17, 15) is 8.42 Å². The molecule has 1 heterocycles. The van der Waals surface area contributed by atoms with E-state index in [4.69, 9.17) is 16.9 Å². The van der Waals surface area contributed by atoms with Crippen molar-refractivity contribution in [2.24, 2.45) is 0 Å². The van der Waals surface area contributed by atoms with Crippen LogP contribution in [0.5, 0.6) is 0 Å². The predicted molar refractivity (Wildman–Crippen MR) is 74.4 cm³/mol. The molecule has 20 heavy (non-hydrogen) atoms. The van der Waals surface area contributed by atoms with Crippen LogP contribution in [0, 0.1) is 11.3 Å². The monoisotopic (exact) mass is 308 g/mol. The van der Waals surface area contributed by atoms with Crippen LogP contribution in [0.3, 0.4) is 0 Å². The summed E-state index contributed by atoms with van der Waals surface area (Å²) in [5.74, 6) is -0.161. The molecule has 0 radical (unpaired) electrons. The number of nitrogens with zero attached hydrogens (tertiary/aromatic N) is 3. The molecule has 0 aliphatic heterocycles. The molecule has 0 aliphatic carbocycles. The van der Waals surface area contributed by atoms with Gasteiger partial charge in [-0.05, 0) is 17.7 Å². The van der Waals surface area contributed by atoms with Crippen molar-refractivity contribution in [3.63, 3.8) is 0 Å². The summed E-state index contributed by atoms with van der Waals surface area (Å²) in [6.07, 6.45) is 1.16. The maximum Gasteiger partial charge on any atom is 0.238 e. The van der Waals surface area contributed by atoms with Gasteiger partial charge < -0.3 is 0 Å². The Kier molecular flexibility index (Phi) is 4.17. The minimum Gasteiger partial charge on any atom is -0.267 e. The van der Waals surface area contributed by atoms with E-state index in [0.29, 0.717) is 11.1 Å². The first-order valence-electron chi connectivity index (χ1n) is 5.45. The highest BCUT2D eigenvalue weighted by molar-refractivity contribution is 7.91. The Morgan fingerprint density at radius 2 is 2.10 bits per heavy atom. The van der Waals surface area contributed by atoms with Gasteiger partial charge in [0.1, 0.15) is 17.3 Å². The summed E-state index contributed by atoms with van der Waals surface area (Å²) in [4.78, 5) is 7.42. The molecule has 0 bridgehead atoms. The number of hydrogen-bond acceptors (Lipinski definition) is 5. The van der Waals surface area contributed by atoms with Gasteiger partial charge in [0, 0.05) is 6.07 Å². The Balaban J connectivity index is 2.17. The SMILES string of the molecule is N#Cc1cccc(CS(=O)(=O)Nc2cc(Cl)ncn2)c1. The fraction of sp³-hybridized carbons (Fsp3) is 0.0833. The summed E-state index contributed by atoms with van der Waals surface area (Å²) in [7, 11) is -3.64. The summed E-state index contributed by atoms with van der Waals surface area (Å²) in [5.41, 5.74) is 0.916. The van der Waals surface area contributed by atoms with Gasteiger partial charge >= 0.3 is 0 Å². The van der Waals surface area contributed by atoms with Crippen molar-refractivity contribution in [1.29, 1.82) is 5.26 Å². The van der Waals surface area contributed by atoms with Gasteiger partial charge in [-0.25, -0.2) is 18.4 Å². The minimum absolute atomic E-state index is 0.0986. The Morgan fingerprint density at radius 3 is 2.80 bits per heavy atom. The topological polar surface area (TPSA) is 95.7 Å². The average Bonchev–Trinajstić information content (AvgIpc) is 2.37. The van der Waals surface area contributed by atoms with Crippen molar-refractivity contribution in [3.05, 3.63) is 52.9 Å². The lowest BCUT2D eigenvalue weighted by Gasteiger charge is -2.07. The standard InChI is InChI=1S/C12H9ClN4O2S/c13-11-5-12(16-8-15-11)17-20(18,19)7-10-3-1-2-9(4-10)6-14/h1-5,8H,7H2,(H,15,16,17). The van der Waals surface area contributed by atoms with Gasteiger partial charge in [-0.15, -0.1) is 0 Å². The zero-order valence-electron chi connectivity index (χ0n) is 10.1. The molecule has 0 saturated heterocycles. The van der Waals surface area contributed by atoms with Crippen molar-refractivity contribution in [3.8, 4) is 6.07 Å². The van der Waals surface area contributed by atoms with E-state index < -0.39 is 10.0 Å². The largest absolute Gasteiger partial charge is 0.267 e. The van der Waals surface area contributed by atoms with E-state index >= 15 is 0 Å². The smallest absolute Gasteiger partial charge is 0.238 e. The summed E-state index contributed by atoms with van der Waals surface area (Å²) >= 11 is 5.65. The molecule has 2 rings (SSSR count). The van der Waals surface area contributed by atoms with E-state index in [-0.39, 0.29) is 16.7 Å². The van der Waals surface area contributed by atoms with Crippen LogP contribution in [0.15, 0.2) is 36.7 Å². The quantitative estimate of drug-likeness (QED) is 0.871. The first-order valence-corrected chi connectivity index (χ1v) is 7.48. The van der Waals surface area contributed by atoms with Crippen molar-refractivity contribution in [2.75, 3.05) is 4.72 Å². The summed E-state index contributed by atoms with van der Waals surface area (Å²) < 4.78 is 26.3. The number of benzene rings is 1. The van der Waals surface area contributed by atoms with E-state index in [1.165, 1.54) is 12.1 Å². The molecular weight excluding hydrogens is 300 g/mol. The molecule has 0 unspecified atom stereocenters. The molecule has 1 aromatic heterocycles. The van der Waals surface area contributed by atoms with Gasteiger partial charge in [0.15, 0.2) is 0 Å². The van der Waals surface area contributed by atoms with Gasteiger partial charge in [0.05, 0.1) is 17.4 Å². The third-order valence-corrected chi connectivity index (χ3v) is 3.75. The molecule has 0 atom stereocenters. The highest BCUT2D eigenvalue weighted by atomic mass is 35.5. The van der Waals surface area contributed by atoms with Gasteiger partial charge in [-0.1, -0.05) is 23.7 Å². The molecule has 102 valence electrons. The van der Waals surface area contributed by atoms with Crippen LogP contribution in [0.25, 0.3) is 0 Å². The molecule has 2 aromatic rings. The second-order valence-electron chi connectivity index (χ2n) is 3.90. The van der Waals surface area contributed by atoms with Crippen LogP contribution in [0.1, 0.15) is 11.1 Å². The summed E-state index contributed by atoms with van der Waals surface area (Å²) in [6.45, 7) is 0. The zero-order chi connectivity index (χ0) is 14.6. The van der Waals surface area contributed by atoms with Crippen molar-refractivity contribution in [1.82, 2.24) is 9.97 Å². The molecular formula is C12H9ClN4O2S. The van der Waals surface area contributed by atoms with Crippen LogP contribution < -0.4 is 4.72 Å². The van der Waals surface area contributed by atoms with Gasteiger partial charge in [0.25, 0.3) is 0 Å². The van der Waals surface area contributed by atoms with Crippen LogP contribution in [0.2, 0.25) is 5.15 Å². The third-order valence-electron chi connectivity index (χ3n) is 2.31. The predicted octanol–water partition coefficient (Wildman–Crippen LogP) is 1.94. The maximum atomic E-state index is 12.0. The summed E-state index contributed by atoms with van der Waals surface area (Å²) in [6, 6.07) is 9.65. The Morgan fingerprint density at radius 1 is 1.30 bits per heavy atom. The second kappa shape index (κ2) is 5.86. The third kappa shape index (κ3) is 3.91. The first kappa shape index (κ1) is 14.2. The minimum atomic E-state index is -3.64. The number of nitrogens with one attached hydrogen (secondary N) is 1. The number of nitriles is 1. The van der Waals surface area contributed by atoms with Gasteiger partial charge in [-0.2, -0.15) is 5.26 Å². The molecule has 8 heteroatoms. The molecule has 0 fully saturated rings. The number of rotatable bonds is 4. The number of halogens is 1. The van der Waals surface area contributed by atoms with Crippen molar-refractivity contribution in [2.45, 2.75) is 5.75 Å². The number of hydrogen-bond donors (Lipinski definition) is 1. The molecule has 6 nitrogen and oxygen atoms in total. The lowest BCUT2D eigenvalue weighted by atomic mass is 10.2.